The normalized spacial score (nSPS) is 16.2. The van der Waals surface area contributed by atoms with Crippen LogP contribution in [0.4, 0.5) is 0 Å². The van der Waals surface area contributed by atoms with Gasteiger partial charge in [0.2, 0.25) is 0 Å². The van der Waals surface area contributed by atoms with Crippen molar-refractivity contribution in [1.29, 1.82) is 0 Å². The van der Waals surface area contributed by atoms with Gasteiger partial charge >= 0.3 is 0 Å². The topological polar surface area (TPSA) is 57.0 Å². The summed E-state index contributed by atoms with van der Waals surface area (Å²) >= 11 is 0. The molecule has 0 saturated carbocycles. The average molecular weight is 181 g/mol. The third-order valence-electron chi connectivity index (χ3n) is 2.51. The van der Waals surface area contributed by atoms with Crippen LogP contribution in [0.2, 0.25) is 0 Å². The van der Waals surface area contributed by atoms with Crippen LogP contribution < -0.4 is 11.5 Å². The second-order valence-corrected chi connectivity index (χ2v) is 3.89. The Kier molecular flexibility index (Phi) is 3.12. The third-order valence-corrected chi connectivity index (χ3v) is 2.51. The van der Waals surface area contributed by atoms with E-state index in [4.69, 9.17) is 11.5 Å². The molecule has 0 bridgehead atoms. The van der Waals surface area contributed by atoms with E-state index in [1.165, 1.54) is 0 Å². The van der Waals surface area contributed by atoms with E-state index in [2.05, 4.69) is 13.8 Å². The predicted molar refractivity (Wildman–Crippen MR) is 55.2 cm³/mol. The maximum absolute atomic E-state index is 6.04. The van der Waals surface area contributed by atoms with Gasteiger partial charge in [0.15, 0.2) is 0 Å². The van der Waals surface area contributed by atoms with E-state index < -0.39 is 0 Å². The third kappa shape index (κ3) is 2.11. The predicted octanol–water partition coefficient (Wildman–Crippen LogP) is 1.01. The highest BCUT2D eigenvalue weighted by atomic mass is 15.0. The second kappa shape index (κ2) is 3.94. The summed E-state index contributed by atoms with van der Waals surface area (Å²) in [6, 6.07) is 3.96. The van der Waals surface area contributed by atoms with Crippen molar-refractivity contribution in [3.63, 3.8) is 0 Å². The molecule has 2 atom stereocenters. The molecule has 1 rings (SSSR count). The van der Waals surface area contributed by atoms with Crippen LogP contribution in [0, 0.1) is 5.92 Å². The lowest BCUT2D eigenvalue weighted by Crippen LogP contribution is -2.39. The Morgan fingerprint density at radius 2 is 1.92 bits per heavy atom. The van der Waals surface area contributed by atoms with Crippen molar-refractivity contribution in [1.82, 2.24) is 4.57 Å². The van der Waals surface area contributed by atoms with Gasteiger partial charge in [-0.1, -0.05) is 13.8 Å². The van der Waals surface area contributed by atoms with Gasteiger partial charge in [-0.05, 0) is 18.1 Å². The molecule has 0 aromatic carbocycles. The van der Waals surface area contributed by atoms with E-state index in [0.29, 0.717) is 5.92 Å². The second-order valence-electron chi connectivity index (χ2n) is 3.89. The van der Waals surface area contributed by atoms with Crippen molar-refractivity contribution in [3.8, 4) is 0 Å². The number of nitrogens with two attached hydrogens (primary N) is 2. The standard InChI is InChI=1S/C10H19N3/c1-7(2)9(11)10(12)8-5-4-6-13(8)3/h4-7,9-10H,11-12H2,1-3H3/t9-,10-/m0/s1. The van der Waals surface area contributed by atoms with Crippen LogP contribution >= 0.6 is 0 Å². The average Bonchev–Trinajstić information content (AvgIpc) is 2.48. The summed E-state index contributed by atoms with van der Waals surface area (Å²) in [6.45, 7) is 4.18. The summed E-state index contributed by atoms with van der Waals surface area (Å²) in [6.07, 6.45) is 1.99. The molecule has 0 aliphatic rings. The van der Waals surface area contributed by atoms with Crippen molar-refractivity contribution in [2.45, 2.75) is 25.9 Å². The summed E-state index contributed by atoms with van der Waals surface area (Å²) in [5.74, 6) is 0.407. The highest BCUT2D eigenvalue weighted by Gasteiger charge is 2.19. The molecule has 74 valence electrons. The number of aryl methyl sites for hydroxylation is 1. The molecule has 0 aliphatic carbocycles. The molecule has 0 radical (unpaired) electrons. The molecular weight excluding hydrogens is 162 g/mol. The lowest BCUT2D eigenvalue weighted by atomic mass is 9.96. The van der Waals surface area contributed by atoms with Crippen LogP contribution in [-0.2, 0) is 7.05 Å². The number of hydrogen-bond donors (Lipinski definition) is 2. The fourth-order valence-electron chi connectivity index (χ4n) is 1.43. The molecule has 0 amide bonds. The van der Waals surface area contributed by atoms with Crippen LogP contribution in [0.5, 0.6) is 0 Å². The zero-order valence-corrected chi connectivity index (χ0v) is 8.57. The van der Waals surface area contributed by atoms with E-state index in [1.54, 1.807) is 0 Å². The Balaban J connectivity index is 2.79. The van der Waals surface area contributed by atoms with Gasteiger partial charge in [-0.25, -0.2) is 0 Å². The Hall–Kier alpha value is -0.800. The lowest BCUT2D eigenvalue weighted by Gasteiger charge is -2.23. The van der Waals surface area contributed by atoms with Crippen molar-refractivity contribution >= 4 is 0 Å². The van der Waals surface area contributed by atoms with E-state index >= 15 is 0 Å². The Labute approximate surface area is 79.7 Å². The van der Waals surface area contributed by atoms with E-state index in [9.17, 15) is 0 Å². The Morgan fingerprint density at radius 1 is 1.31 bits per heavy atom. The highest BCUT2D eigenvalue weighted by molar-refractivity contribution is 5.13. The number of aromatic nitrogens is 1. The van der Waals surface area contributed by atoms with Gasteiger partial charge in [0.25, 0.3) is 0 Å². The molecule has 4 N–H and O–H groups in total. The first-order valence-electron chi connectivity index (χ1n) is 4.66. The summed E-state index contributed by atoms with van der Waals surface area (Å²) in [4.78, 5) is 0. The zero-order chi connectivity index (χ0) is 10.0. The minimum atomic E-state index is -0.0694. The first-order valence-corrected chi connectivity index (χ1v) is 4.66. The highest BCUT2D eigenvalue weighted by Crippen LogP contribution is 2.17. The van der Waals surface area contributed by atoms with Crippen molar-refractivity contribution in [2.75, 3.05) is 0 Å². The summed E-state index contributed by atoms with van der Waals surface area (Å²) in [5.41, 5.74) is 13.1. The maximum atomic E-state index is 6.04. The molecule has 1 heterocycles. The summed E-state index contributed by atoms with van der Waals surface area (Å²) in [7, 11) is 1.99. The van der Waals surface area contributed by atoms with E-state index in [1.807, 2.05) is 29.9 Å². The number of hydrogen-bond acceptors (Lipinski definition) is 2. The molecule has 0 aliphatic heterocycles. The van der Waals surface area contributed by atoms with Gasteiger partial charge in [-0.2, -0.15) is 0 Å². The summed E-state index contributed by atoms with van der Waals surface area (Å²) in [5, 5.41) is 0. The quantitative estimate of drug-likeness (QED) is 0.731. The minimum absolute atomic E-state index is 0.0219. The fourth-order valence-corrected chi connectivity index (χ4v) is 1.43. The molecule has 0 fully saturated rings. The van der Waals surface area contributed by atoms with Crippen LogP contribution in [0.1, 0.15) is 25.6 Å². The Morgan fingerprint density at radius 3 is 2.31 bits per heavy atom. The van der Waals surface area contributed by atoms with E-state index in [-0.39, 0.29) is 12.1 Å². The van der Waals surface area contributed by atoms with Crippen LogP contribution in [0.3, 0.4) is 0 Å². The van der Waals surface area contributed by atoms with Crippen molar-refractivity contribution in [2.24, 2.45) is 24.4 Å². The maximum Gasteiger partial charge on any atom is 0.0605 e. The SMILES string of the molecule is CC(C)[C@H](N)[C@@H](N)c1cccn1C. The van der Waals surface area contributed by atoms with Gasteiger partial charge < -0.3 is 16.0 Å². The molecule has 13 heavy (non-hydrogen) atoms. The fraction of sp³-hybridized carbons (Fsp3) is 0.600. The van der Waals surface area contributed by atoms with Crippen LogP contribution in [0.15, 0.2) is 18.3 Å². The minimum Gasteiger partial charge on any atom is -0.353 e. The molecule has 0 saturated heterocycles. The van der Waals surface area contributed by atoms with Gasteiger partial charge in [-0.15, -0.1) is 0 Å². The molecule has 3 nitrogen and oxygen atoms in total. The molecule has 1 aromatic rings. The zero-order valence-electron chi connectivity index (χ0n) is 8.57. The molecule has 1 aromatic heterocycles. The van der Waals surface area contributed by atoms with E-state index in [0.717, 1.165) is 5.69 Å². The molecule has 0 spiro atoms. The van der Waals surface area contributed by atoms with Gasteiger partial charge in [0, 0.05) is 25.0 Å². The van der Waals surface area contributed by atoms with Crippen molar-refractivity contribution in [3.05, 3.63) is 24.0 Å². The molecule has 0 unspecified atom stereocenters. The van der Waals surface area contributed by atoms with Gasteiger partial charge in [0.1, 0.15) is 0 Å². The smallest absolute Gasteiger partial charge is 0.0605 e. The molecule has 3 heteroatoms. The largest absolute Gasteiger partial charge is 0.353 e. The van der Waals surface area contributed by atoms with Gasteiger partial charge in [0.05, 0.1) is 6.04 Å². The Bertz CT molecular complexity index is 265. The monoisotopic (exact) mass is 181 g/mol. The summed E-state index contributed by atoms with van der Waals surface area (Å²) < 4.78 is 2.02. The first-order chi connectivity index (χ1) is 6.04. The van der Waals surface area contributed by atoms with Crippen LogP contribution in [-0.4, -0.2) is 10.6 Å². The van der Waals surface area contributed by atoms with Gasteiger partial charge in [-0.3, -0.25) is 0 Å². The molecular formula is C10H19N3. The van der Waals surface area contributed by atoms with Crippen LogP contribution in [0.25, 0.3) is 0 Å². The van der Waals surface area contributed by atoms with Crippen molar-refractivity contribution < 1.29 is 0 Å². The lowest BCUT2D eigenvalue weighted by molar-refractivity contribution is 0.412. The first kappa shape index (κ1) is 10.3. The number of rotatable bonds is 3. The number of nitrogens with zero attached hydrogens (tertiary/aromatic N) is 1.